The predicted octanol–water partition coefficient (Wildman–Crippen LogP) is 3.23. The van der Waals surface area contributed by atoms with Crippen molar-refractivity contribution in [1.82, 2.24) is 0 Å². The molecule has 3 rings (SSSR count). The van der Waals surface area contributed by atoms with Gasteiger partial charge < -0.3 is 4.55 Å². The summed E-state index contributed by atoms with van der Waals surface area (Å²) in [7, 11) is -4.27. The maximum Gasteiger partial charge on any atom is 0.250 e. The highest BCUT2D eigenvalue weighted by Crippen LogP contribution is 2.18. The molecule has 0 amide bonds. The first-order chi connectivity index (χ1) is 11.3. The fourth-order valence-corrected chi connectivity index (χ4v) is 3.49. The van der Waals surface area contributed by atoms with Gasteiger partial charge in [-0.1, -0.05) is 45.7 Å². The molecule has 0 aliphatic carbocycles. The van der Waals surface area contributed by atoms with Crippen LogP contribution >= 0.6 is 11.3 Å². The van der Waals surface area contributed by atoms with Crippen molar-refractivity contribution in [2.75, 3.05) is 0 Å². The van der Waals surface area contributed by atoms with Crippen LogP contribution in [0.4, 0.5) is 0 Å². The molecule has 2 aromatic carbocycles. The average molecular weight is 359 g/mol. The number of hydrogen-bond acceptors (Lipinski definition) is 4. The molecule has 1 heterocycles. The number of para-hydroxylation sites is 1. The van der Waals surface area contributed by atoms with Gasteiger partial charge in [-0.15, -0.1) is 0 Å². The summed E-state index contributed by atoms with van der Waals surface area (Å²) in [6.45, 7) is 5.77. The van der Waals surface area contributed by atoms with Gasteiger partial charge in [-0.05, 0) is 31.0 Å². The molecule has 0 unspecified atom stereocenters. The Bertz CT molecular complexity index is 1010. The number of hydrogen-bond donors (Lipinski definition) is 0. The summed E-state index contributed by atoms with van der Waals surface area (Å²) in [6.07, 6.45) is 0. The van der Waals surface area contributed by atoms with Crippen molar-refractivity contribution < 1.29 is 17.5 Å². The molecule has 0 aliphatic heterocycles. The van der Waals surface area contributed by atoms with Gasteiger partial charge in [0, 0.05) is 19.9 Å². The second kappa shape index (κ2) is 7.58. The van der Waals surface area contributed by atoms with Crippen LogP contribution in [-0.4, -0.2) is 13.0 Å². The molecular weight excluding hydrogens is 342 g/mol. The molecule has 0 saturated heterocycles. The lowest BCUT2D eigenvalue weighted by atomic mass is 10.2. The van der Waals surface area contributed by atoms with Gasteiger partial charge in [0.05, 0.1) is 4.90 Å². The van der Waals surface area contributed by atoms with E-state index in [2.05, 4.69) is 37.1 Å². The minimum absolute atomic E-state index is 0.178. The van der Waals surface area contributed by atoms with Gasteiger partial charge in [-0.2, -0.15) is 0 Å². The van der Waals surface area contributed by atoms with E-state index < -0.39 is 10.1 Å². The first kappa shape index (κ1) is 18.1. The average Bonchev–Trinajstić information content (AvgIpc) is 2.84. The zero-order chi connectivity index (χ0) is 17.7. The van der Waals surface area contributed by atoms with E-state index in [1.165, 1.54) is 27.4 Å². The molecule has 1 aromatic heterocycles. The highest BCUT2D eigenvalue weighted by Gasteiger charge is 2.14. The van der Waals surface area contributed by atoms with Crippen molar-refractivity contribution in [2.45, 2.75) is 25.7 Å². The second-order valence-corrected chi connectivity index (χ2v) is 7.67. The lowest BCUT2D eigenvalue weighted by Crippen LogP contribution is -2.28. The van der Waals surface area contributed by atoms with Gasteiger partial charge in [0.1, 0.15) is 14.8 Å². The van der Waals surface area contributed by atoms with Gasteiger partial charge in [-0.25, -0.2) is 8.42 Å². The van der Waals surface area contributed by atoms with Gasteiger partial charge in [-0.3, -0.25) is 0 Å². The van der Waals surface area contributed by atoms with E-state index in [0.717, 1.165) is 5.56 Å². The van der Waals surface area contributed by atoms with E-state index in [9.17, 15) is 13.0 Å². The van der Waals surface area contributed by atoms with E-state index in [-0.39, 0.29) is 4.90 Å². The van der Waals surface area contributed by atoms with Crippen molar-refractivity contribution in [3.05, 3.63) is 59.1 Å². The minimum Gasteiger partial charge on any atom is -0.744 e. The molecule has 0 atom stereocenters. The number of rotatable bonds is 1. The Labute approximate surface area is 146 Å². The summed E-state index contributed by atoms with van der Waals surface area (Å²) in [5, 5.41) is 1.23. The lowest BCUT2D eigenvalue weighted by molar-refractivity contribution is -0.556. The maximum absolute atomic E-state index is 10.4. The fraction of sp³-hybridized carbons (Fsp3) is 0.167. The van der Waals surface area contributed by atoms with Crippen LogP contribution in [0.15, 0.2) is 53.4 Å². The molecule has 4 nitrogen and oxygen atoms in total. The van der Waals surface area contributed by atoms with E-state index in [1.54, 1.807) is 23.5 Å². The number of nitrogens with zero attached hydrogens (tertiary/aromatic N) is 1. The molecule has 0 spiro atoms. The molecule has 0 fully saturated rings. The Hall–Kier alpha value is -2.20. The second-order valence-electron chi connectivity index (χ2n) is 5.05. The smallest absolute Gasteiger partial charge is 0.250 e. The van der Waals surface area contributed by atoms with Gasteiger partial charge in [0.15, 0.2) is 0 Å². The number of fused-ring (bicyclic) bond motifs is 1. The lowest BCUT2D eigenvalue weighted by Gasteiger charge is -2.05. The largest absolute Gasteiger partial charge is 0.744 e. The third kappa shape index (κ3) is 4.42. The van der Waals surface area contributed by atoms with Crippen molar-refractivity contribution in [2.24, 2.45) is 0 Å². The number of benzene rings is 2. The number of aryl methyl sites for hydroxylation is 2. The van der Waals surface area contributed by atoms with E-state index >= 15 is 0 Å². The molecule has 3 aromatic rings. The topological polar surface area (TPSA) is 61.1 Å². The molecule has 0 aliphatic rings. The summed E-state index contributed by atoms with van der Waals surface area (Å²) in [5.74, 6) is 2.92. The van der Waals surface area contributed by atoms with E-state index in [0.29, 0.717) is 0 Å². The molecule has 0 N–H and O–H groups in total. The molecule has 6 heteroatoms. The van der Waals surface area contributed by atoms with Crippen LogP contribution < -0.4 is 4.57 Å². The van der Waals surface area contributed by atoms with Crippen LogP contribution in [0, 0.1) is 25.8 Å². The number of thiazole rings is 1. The molecule has 24 heavy (non-hydrogen) atoms. The summed E-state index contributed by atoms with van der Waals surface area (Å²) < 4.78 is 34.5. The maximum atomic E-state index is 10.4. The molecule has 124 valence electrons. The zero-order valence-electron chi connectivity index (χ0n) is 13.6. The molecular formula is C18H17NO3S2. The Morgan fingerprint density at radius 1 is 1.04 bits per heavy atom. The Morgan fingerprint density at radius 3 is 2.25 bits per heavy atom. The van der Waals surface area contributed by atoms with Gasteiger partial charge >= 0.3 is 0 Å². The van der Waals surface area contributed by atoms with Crippen LogP contribution in [0.1, 0.15) is 17.5 Å². The Balaban J connectivity index is 0.000000177. The summed E-state index contributed by atoms with van der Waals surface area (Å²) in [6, 6.07) is 17.2. The van der Waals surface area contributed by atoms with Crippen LogP contribution in [0.2, 0.25) is 0 Å². The SMILES string of the molecule is CC#C[n+]1c(C)sc2ccccc21.Cc1ccc(S(=O)(=O)[O-])cc1. The fourth-order valence-electron chi connectivity index (χ4n) is 2.06. The van der Waals surface area contributed by atoms with Crippen molar-refractivity contribution >= 4 is 31.7 Å². The third-order valence-electron chi connectivity index (χ3n) is 3.21. The van der Waals surface area contributed by atoms with E-state index in [4.69, 9.17) is 0 Å². The van der Waals surface area contributed by atoms with Crippen molar-refractivity contribution in [3.8, 4) is 12.0 Å². The van der Waals surface area contributed by atoms with E-state index in [1.807, 2.05) is 24.5 Å². The predicted molar refractivity (Wildman–Crippen MR) is 94.7 cm³/mol. The quantitative estimate of drug-likeness (QED) is 0.381. The minimum atomic E-state index is -4.27. The first-order valence-corrected chi connectivity index (χ1v) is 9.41. The Morgan fingerprint density at radius 2 is 1.67 bits per heavy atom. The zero-order valence-corrected chi connectivity index (χ0v) is 15.2. The molecule has 0 bridgehead atoms. The van der Waals surface area contributed by atoms with Gasteiger partial charge in [0.2, 0.25) is 11.6 Å². The molecule has 0 saturated carbocycles. The van der Waals surface area contributed by atoms with Gasteiger partial charge in [0.25, 0.3) is 5.01 Å². The Kier molecular flexibility index (Phi) is 5.73. The highest BCUT2D eigenvalue weighted by molar-refractivity contribution is 7.85. The normalized spacial score (nSPS) is 10.5. The highest BCUT2D eigenvalue weighted by atomic mass is 32.2. The third-order valence-corrected chi connectivity index (χ3v) is 5.10. The summed E-state index contributed by atoms with van der Waals surface area (Å²) in [5.41, 5.74) is 2.14. The van der Waals surface area contributed by atoms with Crippen molar-refractivity contribution in [3.63, 3.8) is 0 Å². The van der Waals surface area contributed by atoms with Crippen LogP contribution in [0.25, 0.3) is 10.2 Å². The summed E-state index contributed by atoms with van der Waals surface area (Å²) >= 11 is 1.78. The van der Waals surface area contributed by atoms with Crippen LogP contribution in [0.5, 0.6) is 0 Å². The van der Waals surface area contributed by atoms with Crippen LogP contribution in [-0.2, 0) is 10.1 Å². The molecule has 0 radical (unpaired) electrons. The first-order valence-electron chi connectivity index (χ1n) is 7.18. The summed E-state index contributed by atoms with van der Waals surface area (Å²) in [4.78, 5) is -0.178. The number of aromatic nitrogens is 1. The van der Waals surface area contributed by atoms with Crippen molar-refractivity contribution in [1.29, 1.82) is 0 Å². The standard InChI is InChI=1S/C11H10NS.C7H8O3S/c1-3-8-12-9(2)13-11-7-5-4-6-10(11)12;1-6-2-4-7(5-3-6)11(8,9)10/h4-7H,1-2H3;2-5H,1H3,(H,8,9,10)/q+1;/p-1. The monoisotopic (exact) mass is 359 g/mol. The van der Waals surface area contributed by atoms with Crippen LogP contribution in [0.3, 0.4) is 0 Å².